The van der Waals surface area contributed by atoms with Crippen LogP contribution in [0.25, 0.3) is 0 Å². The summed E-state index contributed by atoms with van der Waals surface area (Å²) in [5.74, 6) is 0. The number of rotatable bonds is 5. The van der Waals surface area contributed by atoms with Crippen LogP contribution in [0.1, 0.15) is 40.3 Å². The summed E-state index contributed by atoms with van der Waals surface area (Å²) in [6.45, 7) is 6.30. The summed E-state index contributed by atoms with van der Waals surface area (Å²) in [6.07, 6.45) is -8.09. The molecule has 0 saturated carbocycles. The third-order valence-corrected chi connectivity index (χ3v) is 4.59. The highest BCUT2D eigenvalue weighted by molar-refractivity contribution is 5.64. The fraction of sp³-hybridized carbons (Fsp3) is 0.381. The Bertz CT molecular complexity index is 865. The number of nitrogens with zero attached hydrogens (tertiary/aromatic N) is 2. The lowest BCUT2D eigenvalue weighted by molar-refractivity contribution is -0.143. The minimum atomic E-state index is -4.86. The van der Waals surface area contributed by atoms with Gasteiger partial charge in [0.2, 0.25) is 0 Å². The molecule has 158 valence electrons. The molecule has 0 saturated heterocycles. The first-order valence-electron chi connectivity index (χ1n) is 8.94. The van der Waals surface area contributed by atoms with Crippen LogP contribution in [0.4, 0.5) is 32.0 Å². The minimum Gasteiger partial charge on any atom is -0.366 e. The molecule has 0 aliphatic carbocycles. The van der Waals surface area contributed by atoms with Crippen molar-refractivity contribution < 1.29 is 26.3 Å². The quantitative estimate of drug-likeness (QED) is 0.307. The molecule has 0 spiro atoms. The third-order valence-electron chi connectivity index (χ3n) is 4.59. The maximum absolute atomic E-state index is 13.1. The van der Waals surface area contributed by atoms with Gasteiger partial charge >= 0.3 is 12.4 Å². The highest BCUT2D eigenvalue weighted by Crippen LogP contribution is 2.37. The summed E-state index contributed by atoms with van der Waals surface area (Å²) in [5, 5.41) is 0. The summed E-state index contributed by atoms with van der Waals surface area (Å²) in [4.78, 5) is 6.26. The van der Waals surface area contributed by atoms with Gasteiger partial charge in [0.1, 0.15) is 0 Å². The molecule has 0 aliphatic rings. The Morgan fingerprint density at radius 2 is 1.41 bits per heavy atom. The van der Waals surface area contributed by atoms with Crippen LogP contribution < -0.4 is 0 Å². The lowest BCUT2D eigenvalue weighted by Crippen LogP contribution is -2.14. The van der Waals surface area contributed by atoms with Gasteiger partial charge in [-0.2, -0.15) is 26.3 Å². The van der Waals surface area contributed by atoms with Crippen LogP contribution in [0, 0.1) is 13.8 Å². The van der Waals surface area contributed by atoms with E-state index in [0.717, 1.165) is 29.8 Å². The van der Waals surface area contributed by atoms with Gasteiger partial charge in [0.25, 0.3) is 0 Å². The summed E-state index contributed by atoms with van der Waals surface area (Å²) in [6, 6.07) is 5.21. The Morgan fingerprint density at radius 1 is 0.862 bits per heavy atom. The second-order valence-corrected chi connectivity index (χ2v) is 6.97. The van der Waals surface area contributed by atoms with Crippen molar-refractivity contribution in [2.45, 2.75) is 39.5 Å². The van der Waals surface area contributed by atoms with Crippen LogP contribution in [0.5, 0.6) is 0 Å². The Morgan fingerprint density at radius 3 is 1.90 bits per heavy atom. The normalized spacial score (nSPS) is 12.6. The zero-order valence-electron chi connectivity index (χ0n) is 16.5. The van der Waals surface area contributed by atoms with Crippen molar-refractivity contribution in [3.8, 4) is 0 Å². The first-order valence-corrected chi connectivity index (χ1v) is 8.94. The van der Waals surface area contributed by atoms with Gasteiger partial charge in [-0.3, -0.25) is 0 Å². The molecule has 0 unspecified atom stereocenters. The first kappa shape index (κ1) is 22.8. The van der Waals surface area contributed by atoms with Gasteiger partial charge in [-0.1, -0.05) is 6.07 Å². The first-order chi connectivity index (χ1) is 13.3. The minimum absolute atomic E-state index is 0.0431. The molecule has 2 rings (SSSR count). The van der Waals surface area contributed by atoms with Crippen LogP contribution in [0.2, 0.25) is 0 Å². The van der Waals surface area contributed by atoms with E-state index in [2.05, 4.69) is 4.99 Å². The number of aryl methyl sites for hydroxylation is 2. The lowest BCUT2D eigenvalue weighted by Gasteiger charge is -2.16. The van der Waals surface area contributed by atoms with Gasteiger partial charge in [0.15, 0.2) is 0 Å². The molecular formula is C21H22F6N2. The van der Waals surface area contributed by atoms with Gasteiger partial charge in [0.05, 0.1) is 23.2 Å². The molecule has 0 atom stereocenters. The van der Waals surface area contributed by atoms with Crippen LogP contribution >= 0.6 is 0 Å². The van der Waals surface area contributed by atoms with E-state index < -0.39 is 23.5 Å². The lowest BCUT2D eigenvalue weighted by atomic mass is 9.95. The van der Waals surface area contributed by atoms with Gasteiger partial charge in [-0.25, -0.2) is 4.99 Å². The third kappa shape index (κ3) is 5.98. The van der Waals surface area contributed by atoms with Crippen molar-refractivity contribution in [1.29, 1.82) is 0 Å². The molecule has 0 amide bonds. The zero-order chi connectivity index (χ0) is 22.0. The largest absolute Gasteiger partial charge is 0.416 e. The summed E-state index contributed by atoms with van der Waals surface area (Å²) >= 11 is 0. The molecule has 0 bridgehead atoms. The number of hydrogen-bond donors (Lipinski definition) is 0. The van der Waals surface area contributed by atoms with Gasteiger partial charge in [-0.05, 0) is 73.7 Å². The predicted octanol–water partition coefficient (Wildman–Crippen LogP) is 6.54. The van der Waals surface area contributed by atoms with Crippen LogP contribution in [-0.4, -0.2) is 24.8 Å². The van der Waals surface area contributed by atoms with E-state index in [-0.39, 0.29) is 18.1 Å². The Kier molecular flexibility index (Phi) is 6.65. The topological polar surface area (TPSA) is 15.6 Å². The highest BCUT2D eigenvalue weighted by atomic mass is 19.4. The summed E-state index contributed by atoms with van der Waals surface area (Å²) in [7, 11) is 1.87. The van der Waals surface area contributed by atoms with Crippen LogP contribution in [0.3, 0.4) is 0 Å². The molecule has 2 aromatic rings. The molecule has 0 heterocycles. The monoisotopic (exact) mass is 416 g/mol. The smallest absolute Gasteiger partial charge is 0.366 e. The number of benzene rings is 2. The fourth-order valence-electron chi connectivity index (χ4n) is 2.77. The van der Waals surface area contributed by atoms with E-state index in [1.165, 1.54) is 0 Å². The Hall–Kier alpha value is -2.51. The standard InChI is InChI=1S/C21H22F6N2/c1-5-29(4)12-28-19-7-13(2)16(6-14(19)3)8-15-9-17(20(22,23)24)11-18(10-15)21(25,26)27/h6-7,9-12H,5,8H2,1-4H3. The molecule has 2 nitrogen and oxygen atoms in total. The zero-order valence-corrected chi connectivity index (χ0v) is 16.5. The van der Waals surface area contributed by atoms with Crippen molar-refractivity contribution in [2.24, 2.45) is 4.99 Å². The van der Waals surface area contributed by atoms with Gasteiger partial charge in [0, 0.05) is 13.6 Å². The number of halogens is 6. The predicted molar refractivity (Wildman–Crippen MR) is 102 cm³/mol. The molecule has 0 aliphatic heterocycles. The average Bonchev–Trinajstić information content (AvgIpc) is 2.61. The molecule has 2 aromatic carbocycles. The maximum Gasteiger partial charge on any atom is 0.416 e. The van der Waals surface area contributed by atoms with E-state index >= 15 is 0 Å². The van der Waals surface area contributed by atoms with E-state index in [1.54, 1.807) is 32.3 Å². The SMILES string of the molecule is CCN(C)C=Nc1cc(C)c(Cc2cc(C(F)(F)F)cc(C(F)(F)F)c2)cc1C. The second-order valence-electron chi connectivity index (χ2n) is 6.97. The number of aliphatic imine (C=N–C) groups is 1. The summed E-state index contributed by atoms with van der Waals surface area (Å²) in [5.41, 5.74) is 0.226. The molecule has 0 aromatic heterocycles. The van der Waals surface area contributed by atoms with Crippen molar-refractivity contribution >= 4 is 12.0 Å². The van der Waals surface area contributed by atoms with Gasteiger partial charge < -0.3 is 4.90 Å². The maximum atomic E-state index is 13.1. The van der Waals surface area contributed by atoms with E-state index in [4.69, 9.17) is 0 Å². The van der Waals surface area contributed by atoms with Crippen LogP contribution in [0.15, 0.2) is 35.3 Å². The average molecular weight is 416 g/mol. The molecular weight excluding hydrogens is 394 g/mol. The van der Waals surface area contributed by atoms with Gasteiger partial charge in [-0.15, -0.1) is 0 Å². The molecule has 0 radical (unpaired) electrons. The van der Waals surface area contributed by atoms with Crippen molar-refractivity contribution in [3.05, 3.63) is 63.7 Å². The van der Waals surface area contributed by atoms with Crippen molar-refractivity contribution in [3.63, 3.8) is 0 Å². The molecule has 0 fully saturated rings. The molecule has 8 heteroatoms. The second kappa shape index (κ2) is 8.47. The Balaban J connectivity index is 2.43. The molecule has 0 N–H and O–H groups in total. The van der Waals surface area contributed by atoms with E-state index in [9.17, 15) is 26.3 Å². The van der Waals surface area contributed by atoms with Crippen LogP contribution in [-0.2, 0) is 18.8 Å². The van der Waals surface area contributed by atoms with E-state index in [1.807, 2.05) is 18.9 Å². The Labute approximate surface area is 165 Å². The summed E-state index contributed by atoms with van der Waals surface area (Å²) < 4.78 is 78.4. The fourth-order valence-corrected chi connectivity index (χ4v) is 2.77. The van der Waals surface area contributed by atoms with Crippen molar-refractivity contribution in [2.75, 3.05) is 13.6 Å². The highest BCUT2D eigenvalue weighted by Gasteiger charge is 2.36. The molecule has 29 heavy (non-hydrogen) atoms. The number of alkyl halides is 6. The van der Waals surface area contributed by atoms with Crippen molar-refractivity contribution in [1.82, 2.24) is 4.90 Å². The number of hydrogen-bond acceptors (Lipinski definition) is 1. The van der Waals surface area contributed by atoms with E-state index in [0.29, 0.717) is 11.3 Å².